The van der Waals surface area contributed by atoms with E-state index >= 15 is 0 Å². The molecule has 1 aliphatic carbocycles. The van der Waals surface area contributed by atoms with Gasteiger partial charge in [-0.2, -0.15) is 0 Å². The van der Waals surface area contributed by atoms with Crippen molar-refractivity contribution in [3.8, 4) is 0 Å². The molecule has 4 atom stereocenters. The Hall–Kier alpha value is -3.78. The van der Waals surface area contributed by atoms with Gasteiger partial charge in [0.15, 0.2) is 11.6 Å². The molecule has 0 unspecified atom stereocenters. The quantitative estimate of drug-likeness (QED) is 0.333. The fourth-order valence-corrected chi connectivity index (χ4v) is 5.17. The average Bonchev–Trinajstić information content (AvgIpc) is 2.86. The maximum Gasteiger partial charge on any atom is 0.167 e. The topological polar surface area (TPSA) is 34.1 Å². The summed E-state index contributed by atoms with van der Waals surface area (Å²) in [5.74, 6) is -0.829. The molecule has 5 rings (SSSR count). The molecule has 0 heterocycles. The van der Waals surface area contributed by atoms with E-state index in [4.69, 9.17) is 0 Å². The van der Waals surface area contributed by atoms with Gasteiger partial charge in [0.2, 0.25) is 0 Å². The van der Waals surface area contributed by atoms with Gasteiger partial charge in [-0.25, -0.2) is 0 Å². The molecule has 0 bridgehead atoms. The number of carbonyl (C=O) groups excluding carboxylic acids is 2. The molecule has 0 spiro atoms. The normalized spacial score (nSPS) is 22.0. The molecule has 32 heavy (non-hydrogen) atoms. The molecule has 0 amide bonds. The van der Waals surface area contributed by atoms with E-state index in [1.165, 1.54) is 0 Å². The predicted molar refractivity (Wildman–Crippen MR) is 127 cm³/mol. The molecule has 156 valence electrons. The highest BCUT2D eigenvalue weighted by Gasteiger charge is 2.57. The first-order valence-corrected chi connectivity index (χ1v) is 11.0. The van der Waals surface area contributed by atoms with E-state index in [1.54, 1.807) is 0 Å². The van der Waals surface area contributed by atoms with Crippen molar-refractivity contribution in [1.82, 2.24) is 0 Å². The first-order chi connectivity index (χ1) is 15.8. The van der Waals surface area contributed by atoms with Crippen LogP contribution in [0.3, 0.4) is 0 Å². The van der Waals surface area contributed by atoms with Gasteiger partial charge in [0.05, 0.1) is 0 Å². The third-order valence-corrected chi connectivity index (χ3v) is 6.64. The van der Waals surface area contributed by atoms with Crippen molar-refractivity contribution in [1.29, 1.82) is 0 Å². The number of ketones is 2. The Morgan fingerprint density at radius 1 is 0.406 bits per heavy atom. The molecule has 1 fully saturated rings. The van der Waals surface area contributed by atoms with Gasteiger partial charge < -0.3 is 0 Å². The summed E-state index contributed by atoms with van der Waals surface area (Å²) in [5.41, 5.74) is 3.53. The third kappa shape index (κ3) is 3.58. The fraction of sp³-hybridized carbons (Fsp3) is 0.133. The van der Waals surface area contributed by atoms with Crippen LogP contribution < -0.4 is 0 Å². The third-order valence-electron chi connectivity index (χ3n) is 6.64. The number of rotatable bonds is 6. The van der Waals surface area contributed by atoms with Crippen LogP contribution in [0.25, 0.3) is 0 Å². The Morgan fingerprint density at radius 3 is 1.00 bits per heavy atom. The van der Waals surface area contributed by atoms with E-state index in [0.29, 0.717) is 11.1 Å². The van der Waals surface area contributed by atoms with Gasteiger partial charge in [0, 0.05) is 34.8 Å². The number of Topliss-reactive ketones (excluding diaryl/α,β-unsaturated/α-hetero) is 2. The van der Waals surface area contributed by atoms with E-state index in [2.05, 4.69) is 24.3 Å². The van der Waals surface area contributed by atoms with Gasteiger partial charge in [-0.3, -0.25) is 9.59 Å². The minimum atomic E-state index is -0.405. The number of carbonyl (C=O) groups is 2. The summed E-state index contributed by atoms with van der Waals surface area (Å²) < 4.78 is 0. The zero-order valence-corrected chi connectivity index (χ0v) is 17.7. The minimum Gasteiger partial charge on any atom is -0.294 e. The molecule has 0 radical (unpaired) electrons. The molecule has 4 aromatic carbocycles. The van der Waals surface area contributed by atoms with Crippen LogP contribution >= 0.6 is 0 Å². The molecule has 0 saturated heterocycles. The van der Waals surface area contributed by atoms with E-state index in [9.17, 15) is 9.59 Å². The van der Waals surface area contributed by atoms with Crippen LogP contribution in [-0.4, -0.2) is 11.6 Å². The molecule has 1 aliphatic rings. The highest BCUT2D eigenvalue weighted by molar-refractivity contribution is 6.07. The van der Waals surface area contributed by atoms with Crippen LogP contribution in [-0.2, 0) is 0 Å². The highest BCUT2D eigenvalue weighted by atomic mass is 16.1. The van der Waals surface area contributed by atoms with Gasteiger partial charge >= 0.3 is 0 Å². The maximum atomic E-state index is 13.8. The fourth-order valence-electron chi connectivity index (χ4n) is 5.17. The molecule has 0 aromatic heterocycles. The van der Waals surface area contributed by atoms with Crippen molar-refractivity contribution in [3.63, 3.8) is 0 Å². The van der Waals surface area contributed by atoms with Crippen molar-refractivity contribution in [2.45, 2.75) is 11.8 Å². The van der Waals surface area contributed by atoms with Crippen LogP contribution in [0.5, 0.6) is 0 Å². The summed E-state index contributed by atoms with van der Waals surface area (Å²) in [6, 6.07) is 39.1. The summed E-state index contributed by atoms with van der Waals surface area (Å²) in [4.78, 5) is 27.6. The van der Waals surface area contributed by atoms with E-state index in [-0.39, 0.29) is 23.4 Å². The molecule has 1 saturated carbocycles. The van der Waals surface area contributed by atoms with Gasteiger partial charge in [0.25, 0.3) is 0 Å². The molecule has 2 heteroatoms. The van der Waals surface area contributed by atoms with Crippen LogP contribution in [0, 0.1) is 11.8 Å². The number of hydrogen-bond donors (Lipinski definition) is 0. The minimum absolute atomic E-state index is 0.0425. The van der Waals surface area contributed by atoms with Crippen molar-refractivity contribution in [2.75, 3.05) is 0 Å². The van der Waals surface area contributed by atoms with Gasteiger partial charge in [-0.1, -0.05) is 121 Å². The second-order valence-electron chi connectivity index (χ2n) is 8.39. The molecular weight excluding hydrogens is 392 g/mol. The Kier molecular flexibility index (Phi) is 5.51. The van der Waals surface area contributed by atoms with Crippen LogP contribution in [0.2, 0.25) is 0 Å². The zero-order chi connectivity index (χ0) is 21.9. The SMILES string of the molecule is O=C(c1ccccc1)[C@@H]1[C@H](C(=O)c2ccccc2)[C@H](c2ccccc2)[C@@H]1c1ccccc1. The van der Waals surface area contributed by atoms with Crippen molar-refractivity contribution in [3.05, 3.63) is 144 Å². The van der Waals surface area contributed by atoms with Crippen molar-refractivity contribution >= 4 is 11.6 Å². The van der Waals surface area contributed by atoms with Gasteiger partial charge in [0.1, 0.15) is 0 Å². The summed E-state index contributed by atoms with van der Waals surface area (Å²) in [6.07, 6.45) is 0. The van der Waals surface area contributed by atoms with Crippen LogP contribution in [0.4, 0.5) is 0 Å². The predicted octanol–water partition coefficient (Wildman–Crippen LogP) is 6.57. The largest absolute Gasteiger partial charge is 0.294 e. The Bertz CT molecular complexity index is 1100. The summed E-state index contributed by atoms with van der Waals surface area (Å²) in [5, 5.41) is 0. The molecule has 4 aromatic rings. The van der Waals surface area contributed by atoms with Crippen molar-refractivity contribution < 1.29 is 9.59 Å². The highest BCUT2D eigenvalue weighted by Crippen LogP contribution is 2.59. The smallest absolute Gasteiger partial charge is 0.167 e. The van der Waals surface area contributed by atoms with E-state index in [1.807, 2.05) is 97.1 Å². The lowest BCUT2D eigenvalue weighted by Gasteiger charge is -2.51. The first-order valence-electron chi connectivity index (χ1n) is 11.0. The summed E-state index contributed by atoms with van der Waals surface area (Å²) in [6.45, 7) is 0. The van der Waals surface area contributed by atoms with Crippen LogP contribution in [0.1, 0.15) is 43.7 Å². The zero-order valence-electron chi connectivity index (χ0n) is 17.7. The second-order valence-corrected chi connectivity index (χ2v) is 8.39. The Morgan fingerprint density at radius 2 is 0.688 bits per heavy atom. The summed E-state index contributed by atoms with van der Waals surface area (Å²) >= 11 is 0. The maximum absolute atomic E-state index is 13.8. The van der Waals surface area contributed by atoms with Crippen molar-refractivity contribution in [2.24, 2.45) is 11.8 Å². The first kappa shape index (κ1) is 20.1. The number of hydrogen-bond acceptors (Lipinski definition) is 2. The molecule has 0 aliphatic heterocycles. The van der Waals surface area contributed by atoms with E-state index < -0.39 is 11.8 Å². The lowest BCUT2D eigenvalue weighted by molar-refractivity contribution is 0.0456. The Labute approximate surface area is 188 Å². The van der Waals surface area contributed by atoms with Gasteiger partial charge in [-0.05, 0) is 11.1 Å². The lowest BCUT2D eigenvalue weighted by atomic mass is 9.49. The lowest BCUT2D eigenvalue weighted by Crippen LogP contribution is -2.51. The van der Waals surface area contributed by atoms with Crippen LogP contribution in [0.15, 0.2) is 121 Å². The standard InChI is InChI=1S/C30H24O2/c31-29(23-17-9-3-10-18-23)27-25(21-13-5-1-6-14-21)26(22-15-7-2-8-16-22)28(27)30(32)24-19-11-4-12-20-24/h1-20,25-28H/t25-,26+,27-,28+. The second kappa shape index (κ2) is 8.76. The monoisotopic (exact) mass is 416 g/mol. The van der Waals surface area contributed by atoms with Gasteiger partial charge in [-0.15, -0.1) is 0 Å². The van der Waals surface area contributed by atoms with E-state index in [0.717, 1.165) is 11.1 Å². The number of benzene rings is 4. The average molecular weight is 417 g/mol. The molecular formula is C30H24O2. The molecule has 0 N–H and O–H groups in total. The Balaban J connectivity index is 1.64. The summed E-state index contributed by atoms with van der Waals surface area (Å²) in [7, 11) is 0. The molecule has 2 nitrogen and oxygen atoms in total.